The van der Waals surface area contributed by atoms with Crippen molar-refractivity contribution in [1.82, 2.24) is 5.32 Å². The number of aryl methyl sites for hydroxylation is 1. The fourth-order valence-corrected chi connectivity index (χ4v) is 2.27. The quantitative estimate of drug-likeness (QED) is 0.655. The number of rotatable bonds is 9. The summed E-state index contributed by atoms with van der Waals surface area (Å²) in [5.74, 6) is -0.200. The molecule has 2 aromatic rings. The molecule has 5 heteroatoms. The highest BCUT2D eigenvalue weighted by molar-refractivity contribution is 5.94. The summed E-state index contributed by atoms with van der Waals surface area (Å²) >= 11 is 0. The molecular formula is C20H26N2O3. The van der Waals surface area contributed by atoms with Crippen molar-refractivity contribution in [3.05, 3.63) is 65.2 Å². The van der Waals surface area contributed by atoms with E-state index < -0.39 is 6.10 Å². The Hall–Kier alpha value is -2.37. The fraction of sp³-hybridized carbons (Fsp3) is 0.350. The molecule has 3 N–H and O–H groups in total. The Labute approximate surface area is 149 Å². The Morgan fingerprint density at radius 3 is 2.44 bits per heavy atom. The first-order valence-electron chi connectivity index (χ1n) is 8.52. The van der Waals surface area contributed by atoms with E-state index in [1.54, 1.807) is 12.1 Å². The molecule has 0 saturated heterocycles. The number of carbonyl (C=O) groups is 1. The van der Waals surface area contributed by atoms with Crippen LogP contribution in [0.4, 0.5) is 5.69 Å². The first kappa shape index (κ1) is 19.0. The van der Waals surface area contributed by atoms with Crippen molar-refractivity contribution in [3.8, 4) is 0 Å². The Bertz CT molecular complexity index is 654. The van der Waals surface area contributed by atoms with Gasteiger partial charge in [0.05, 0.1) is 12.7 Å². The van der Waals surface area contributed by atoms with Crippen LogP contribution in [-0.4, -0.2) is 36.9 Å². The second kappa shape index (κ2) is 9.81. The summed E-state index contributed by atoms with van der Waals surface area (Å²) in [6.07, 6.45) is -0.693. The SMILES string of the molecule is CCOC[C@@H](O)CNC(=O)c1ccc(CNc2ccc(C)cc2)cc1. The van der Waals surface area contributed by atoms with Gasteiger partial charge in [0.2, 0.25) is 0 Å². The number of aliphatic hydroxyl groups is 1. The van der Waals surface area contributed by atoms with Crippen molar-refractivity contribution in [2.24, 2.45) is 0 Å². The smallest absolute Gasteiger partial charge is 0.251 e. The largest absolute Gasteiger partial charge is 0.389 e. The number of carbonyl (C=O) groups excluding carboxylic acids is 1. The van der Waals surface area contributed by atoms with Crippen LogP contribution in [-0.2, 0) is 11.3 Å². The predicted octanol–water partition coefficient (Wildman–Crippen LogP) is 2.73. The molecule has 25 heavy (non-hydrogen) atoms. The molecule has 0 saturated carbocycles. The molecule has 5 nitrogen and oxygen atoms in total. The van der Waals surface area contributed by atoms with Gasteiger partial charge in [0.1, 0.15) is 0 Å². The minimum absolute atomic E-state index is 0.176. The van der Waals surface area contributed by atoms with Crippen molar-refractivity contribution in [1.29, 1.82) is 0 Å². The van der Waals surface area contributed by atoms with E-state index in [1.807, 2.05) is 31.2 Å². The molecule has 0 bridgehead atoms. The Kier molecular flexibility index (Phi) is 7.44. The number of hydrogen-bond donors (Lipinski definition) is 3. The maximum Gasteiger partial charge on any atom is 0.251 e. The molecule has 0 radical (unpaired) electrons. The third kappa shape index (κ3) is 6.57. The van der Waals surface area contributed by atoms with E-state index in [0.717, 1.165) is 11.3 Å². The van der Waals surface area contributed by atoms with E-state index in [9.17, 15) is 9.90 Å². The molecule has 0 aliphatic rings. The molecule has 0 aliphatic carbocycles. The van der Waals surface area contributed by atoms with Gasteiger partial charge >= 0.3 is 0 Å². The van der Waals surface area contributed by atoms with Crippen LogP contribution < -0.4 is 10.6 Å². The lowest BCUT2D eigenvalue weighted by atomic mass is 10.1. The minimum atomic E-state index is -0.693. The molecular weight excluding hydrogens is 316 g/mol. The van der Waals surface area contributed by atoms with E-state index in [-0.39, 0.29) is 19.1 Å². The Balaban J connectivity index is 1.80. The van der Waals surface area contributed by atoms with Crippen molar-refractivity contribution in [3.63, 3.8) is 0 Å². The van der Waals surface area contributed by atoms with Gasteiger partial charge in [-0.05, 0) is 43.7 Å². The van der Waals surface area contributed by atoms with Gasteiger partial charge in [-0.2, -0.15) is 0 Å². The highest BCUT2D eigenvalue weighted by Crippen LogP contribution is 2.11. The zero-order chi connectivity index (χ0) is 18.1. The first-order valence-corrected chi connectivity index (χ1v) is 8.52. The third-order valence-electron chi connectivity index (χ3n) is 3.78. The van der Waals surface area contributed by atoms with Crippen LogP contribution in [0.5, 0.6) is 0 Å². The monoisotopic (exact) mass is 342 g/mol. The minimum Gasteiger partial charge on any atom is -0.389 e. The second-order valence-corrected chi connectivity index (χ2v) is 5.94. The zero-order valence-electron chi connectivity index (χ0n) is 14.8. The summed E-state index contributed by atoms with van der Waals surface area (Å²) < 4.78 is 5.11. The van der Waals surface area contributed by atoms with Gasteiger partial charge in [-0.15, -0.1) is 0 Å². The lowest BCUT2D eigenvalue weighted by Gasteiger charge is -2.12. The standard InChI is InChI=1S/C20H26N2O3/c1-3-25-14-19(23)13-22-20(24)17-8-6-16(7-9-17)12-21-18-10-4-15(2)5-11-18/h4-11,19,21,23H,3,12-14H2,1-2H3,(H,22,24)/t19-/m0/s1. The van der Waals surface area contributed by atoms with E-state index in [4.69, 9.17) is 4.74 Å². The summed E-state index contributed by atoms with van der Waals surface area (Å²) in [4.78, 5) is 12.1. The fourth-order valence-electron chi connectivity index (χ4n) is 2.27. The highest BCUT2D eigenvalue weighted by Gasteiger charge is 2.09. The Morgan fingerprint density at radius 2 is 1.80 bits per heavy atom. The molecule has 0 aromatic heterocycles. The Morgan fingerprint density at radius 1 is 1.12 bits per heavy atom. The molecule has 2 rings (SSSR count). The van der Waals surface area contributed by atoms with Gasteiger partial charge in [-0.3, -0.25) is 4.79 Å². The van der Waals surface area contributed by atoms with Crippen LogP contribution in [0.15, 0.2) is 48.5 Å². The summed E-state index contributed by atoms with van der Waals surface area (Å²) in [7, 11) is 0. The van der Waals surface area contributed by atoms with Crippen LogP contribution >= 0.6 is 0 Å². The lowest BCUT2D eigenvalue weighted by molar-refractivity contribution is 0.0418. The normalized spacial score (nSPS) is 11.8. The molecule has 2 aromatic carbocycles. The third-order valence-corrected chi connectivity index (χ3v) is 3.78. The van der Waals surface area contributed by atoms with Gasteiger partial charge in [0.15, 0.2) is 0 Å². The summed E-state index contributed by atoms with van der Waals surface area (Å²) in [5, 5.41) is 15.7. The van der Waals surface area contributed by atoms with Gasteiger partial charge in [-0.25, -0.2) is 0 Å². The molecule has 134 valence electrons. The average molecular weight is 342 g/mol. The molecule has 0 fully saturated rings. The molecule has 1 amide bonds. The van der Waals surface area contributed by atoms with Crippen molar-refractivity contribution >= 4 is 11.6 Å². The maximum atomic E-state index is 12.1. The van der Waals surface area contributed by atoms with E-state index in [0.29, 0.717) is 18.7 Å². The van der Waals surface area contributed by atoms with Crippen molar-refractivity contribution in [2.75, 3.05) is 25.1 Å². The van der Waals surface area contributed by atoms with E-state index >= 15 is 0 Å². The van der Waals surface area contributed by atoms with Crippen LogP contribution in [0.1, 0.15) is 28.4 Å². The molecule has 0 heterocycles. The van der Waals surface area contributed by atoms with Gasteiger partial charge in [0.25, 0.3) is 5.91 Å². The molecule has 0 spiro atoms. The second-order valence-electron chi connectivity index (χ2n) is 5.94. The topological polar surface area (TPSA) is 70.6 Å². The van der Waals surface area contributed by atoms with Gasteiger partial charge in [0, 0.05) is 30.9 Å². The number of aliphatic hydroxyl groups excluding tert-OH is 1. The molecule has 1 atom stereocenters. The maximum absolute atomic E-state index is 12.1. The van der Waals surface area contributed by atoms with Gasteiger partial charge < -0.3 is 20.5 Å². The predicted molar refractivity (Wildman–Crippen MR) is 99.8 cm³/mol. The number of ether oxygens (including phenoxy) is 1. The van der Waals surface area contributed by atoms with E-state index in [1.165, 1.54) is 5.56 Å². The average Bonchev–Trinajstić information content (AvgIpc) is 2.64. The van der Waals surface area contributed by atoms with Crippen LogP contribution in [0.3, 0.4) is 0 Å². The number of amides is 1. The number of benzene rings is 2. The summed E-state index contributed by atoms with van der Waals surface area (Å²) in [6.45, 7) is 5.56. The number of hydrogen-bond acceptors (Lipinski definition) is 4. The van der Waals surface area contributed by atoms with Crippen molar-refractivity contribution in [2.45, 2.75) is 26.5 Å². The van der Waals surface area contributed by atoms with E-state index in [2.05, 4.69) is 29.7 Å². The zero-order valence-corrected chi connectivity index (χ0v) is 14.8. The number of nitrogens with one attached hydrogen (secondary N) is 2. The van der Waals surface area contributed by atoms with Gasteiger partial charge in [-0.1, -0.05) is 29.8 Å². The van der Waals surface area contributed by atoms with Crippen molar-refractivity contribution < 1.29 is 14.6 Å². The summed E-state index contributed by atoms with van der Waals surface area (Å²) in [5.41, 5.74) is 3.96. The summed E-state index contributed by atoms with van der Waals surface area (Å²) in [6, 6.07) is 15.6. The molecule has 0 aliphatic heterocycles. The highest BCUT2D eigenvalue weighted by atomic mass is 16.5. The van der Waals surface area contributed by atoms with Crippen LogP contribution in [0.2, 0.25) is 0 Å². The first-order chi connectivity index (χ1) is 12.1. The number of anilines is 1. The van der Waals surface area contributed by atoms with Crippen LogP contribution in [0, 0.1) is 6.92 Å². The lowest BCUT2D eigenvalue weighted by Crippen LogP contribution is -2.34. The van der Waals surface area contributed by atoms with Crippen LogP contribution in [0.25, 0.3) is 0 Å². The molecule has 0 unspecified atom stereocenters.